The molecule has 3 rings (SSSR count). The van der Waals surface area contributed by atoms with E-state index in [1.807, 2.05) is 0 Å². The molecule has 0 bridgehead atoms. The van der Waals surface area contributed by atoms with Crippen molar-refractivity contribution in [3.05, 3.63) is 41.9 Å². The first-order valence-electron chi connectivity index (χ1n) is 6.76. The predicted octanol–water partition coefficient (Wildman–Crippen LogP) is 2.54. The van der Waals surface area contributed by atoms with Gasteiger partial charge in [0.15, 0.2) is 5.65 Å². The van der Waals surface area contributed by atoms with Crippen molar-refractivity contribution in [1.29, 1.82) is 0 Å². The fourth-order valence-corrected chi connectivity index (χ4v) is 2.19. The standard InChI is InChI=1S/C14H13F3N4O/c1-2-5-18-13(22)9-7-19-21-11(14(15,16)17)6-10(8-3-4-8)20-12(9)21/h2,6-8H,1,3-5H2,(H,18,22). The lowest BCUT2D eigenvalue weighted by molar-refractivity contribution is -0.142. The van der Waals surface area contributed by atoms with Gasteiger partial charge in [0.05, 0.1) is 6.20 Å². The van der Waals surface area contributed by atoms with E-state index in [9.17, 15) is 18.0 Å². The van der Waals surface area contributed by atoms with Crippen LogP contribution < -0.4 is 5.32 Å². The van der Waals surface area contributed by atoms with Crippen LogP contribution in [0.1, 0.15) is 40.5 Å². The van der Waals surface area contributed by atoms with E-state index >= 15 is 0 Å². The minimum absolute atomic E-state index is 0.0230. The van der Waals surface area contributed by atoms with Crippen LogP contribution in [0.2, 0.25) is 0 Å². The molecular formula is C14H13F3N4O. The Hall–Kier alpha value is -2.38. The first kappa shape index (κ1) is 14.6. The van der Waals surface area contributed by atoms with Crippen LogP contribution >= 0.6 is 0 Å². The van der Waals surface area contributed by atoms with E-state index in [0.29, 0.717) is 10.2 Å². The molecule has 0 spiro atoms. The third-order valence-corrected chi connectivity index (χ3v) is 3.43. The number of nitrogens with zero attached hydrogens (tertiary/aromatic N) is 3. The van der Waals surface area contributed by atoms with Crippen LogP contribution in [0.3, 0.4) is 0 Å². The fourth-order valence-electron chi connectivity index (χ4n) is 2.19. The van der Waals surface area contributed by atoms with Crippen LogP contribution in [-0.4, -0.2) is 27.0 Å². The summed E-state index contributed by atoms with van der Waals surface area (Å²) < 4.78 is 40.3. The molecule has 1 aliphatic carbocycles. The van der Waals surface area contributed by atoms with E-state index in [2.05, 4.69) is 22.0 Å². The zero-order valence-corrected chi connectivity index (χ0v) is 11.5. The molecule has 0 saturated heterocycles. The molecule has 1 amide bonds. The number of carbonyl (C=O) groups excluding carboxylic acids is 1. The van der Waals surface area contributed by atoms with Gasteiger partial charge >= 0.3 is 6.18 Å². The van der Waals surface area contributed by atoms with Crippen molar-refractivity contribution >= 4 is 11.6 Å². The summed E-state index contributed by atoms with van der Waals surface area (Å²) >= 11 is 0. The molecule has 0 atom stereocenters. The first-order valence-corrected chi connectivity index (χ1v) is 6.76. The molecule has 2 aromatic rings. The Labute approximate surface area is 123 Å². The summed E-state index contributed by atoms with van der Waals surface area (Å²) in [4.78, 5) is 16.2. The Balaban J connectivity index is 2.14. The monoisotopic (exact) mass is 310 g/mol. The van der Waals surface area contributed by atoms with E-state index in [4.69, 9.17) is 0 Å². The van der Waals surface area contributed by atoms with E-state index in [1.54, 1.807) is 0 Å². The Morgan fingerprint density at radius 2 is 2.23 bits per heavy atom. The van der Waals surface area contributed by atoms with Gasteiger partial charge in [-0.2, -0.15) is 18.3 Å². The number of nitrogens with one attached hydrogen (secondary N) is 1. The van der Waals surface area contributed by atoms with Gasteiger partial charge in [-0.25, -0.2) is 9.50 Å². The quantitative estimate of drug-likeness (QED) is 0.883. The molecule has 1 N–H and O–H groups in total. The normalized spacial score (nSPS) is 15.0. The van der Waals surface area contributed by atoms with E-state index in [1.165, 1.54) is 6.08 Å². The second-order valence-electron chi connectivity index (χ2n) is 5.13. The molecule has 2 aromatic heterocycles. The zero-order valence-electron chi connectivity index (χ0n) is 11.5. The van der Waals surface area contributed by atoms with Gasteiger partial charge in [-0.05, 0) is 18.9 Å². The molecule has 8 heteroatoms. The number of alkyl halides is 3. The summed E-state index contributed by atoms with van der Waals surface area (Å²) in [5.74, 6) is -0.492. The second-order valence-corrected chi connectivity index (χ2v) is 5.13. The van der Waals surface area contributed by atoms with Crippen molar-refractivity contribution in [1.82, 2.24) is 19.9 Å². The topological polar surface area (TPSA) is 59.3 Å². The molecule has 22 heavy (non-hydrogen) atoms. The summed E-state index contributed by atoms with van der Waals surface area (Å²) in [5, 5.41) is 6.20. The molecule has 0 radical (unpaired) electrons. The average Bonchev–Trinajstić information content (AvgIpc) is 3.22. The summed E-state index contributed by atoms with van der Waals surface area (Å²) in [6.45, 7) is 3.68. The van der Waals surface area contributed by atoms with E-state index in [-0.39, 0.29) is 23.7 Å². The van der Waals surface area contributed by atoms with E-state index in [0.717, 1.165) is 25.1 Å². The van der Waals surface area contributed by atoms with Gasteiger partial charge in [-0.1, -0.05) is 6.08 Å². The molecule has 1 saturated carbocycles. The van der Waals surface area contributed by atoms with Gasteiger partial charge < -0.3 is 5.32 Å². The fraction of sp³-hybridized carbons (Fsp3) is 0.357. The summed E-state index contributed by atoms with van der Waals surface area (Å²) in [7, 11) is 0. The van der Waals surface area contributed by atoms with Crippen LogP contribution in [0.4, 0.5) is 13.2 Å². The van der Waals surface area contributed by atoms with Gasteiger partial charge in [0.2, 0.25) is 0 Å². The molecule has 0 aromatic carbocycles. The maximum absolute atomic E-state index is 13.2. The number of fused-ring (bicyclic) bond motifs is 1. The Bertz CT molecular complexity index is 746. The van der Waals surface area contributed by atoms with Crippen LogP contribution in [-0.2, 0) is 6.18 Å². The highest BCUT2D eigenvalue weighted by Gasteiger charge is 2.37. The van der Waals surface area contributed by atoms with Gasteiger partial charge in [-0.3, -0.25) is 4.79 Å². The van der Waals surface area contributed by atoms with Crippen molar-refractivity contribution in [3.8, 4) is 0 Å². The summed E-state index contributed by atoms with van der Waals surface area (Å²) in [5.41, 5.74) is -0.603. The SMILES string of the molecule is C=CCNC(=O)c1cnn2c(C(F)(F)F)cc(C3CC3)nc12. The molecule has 0 unspecified atom stereocenters. The van der Waals surface area contributed by atoms with Gasteiger partial charge in [0.25, 0.3) is 5.91 Å². The molecule has 5 nitrogen and oxygen atoms in total. The molecule has 116 valence electrons. The summed E-state index contributed by atoms with van der Waals surface area (Å²) in [6, 6.07) is 1.02. The average molecular weight is 310 g/mol. The third-order valence-electron chi connectivity index (χ3n) is 3.43. The van der Waals surface area contributed by atoms with Gasteiger partial charge in [0.1, 0.15) is 11.3 Å². The van der Waals surface area contributed by atoms with Crippen molar-refractivity contribution in [2.75, 3.05) is 6.54 Å². The number of hydrogen-bond donors (Lipinski definition) is 1. The lowest BCUT2D eigenvalue weighted by Gasteiger charge is -2.11. The third kappa shape index (κ3) is 2.56. The van der Waals surface area contributed by atoms with Gasteiger partial charge in [0, 0.05) is 18.2 Å². The number of hydrogen-bond acceptors (Lipinski definition) is 3. The maximum atomic E-state index is 13.2. The minimum Gasteiger partial charge on any atom is -0.348 e. The number of amides is 1. The smallest absolute Gasteiger partial charge is 0.348 e. The maximum Gasteiger partial charge on any atom is 0.433 e. The Kier molecular flexibility index (Phi) is 3.38. The van der Waals surface area contributed by atoms with Crippen molar-refractivity contribution in [2.45, 2.75) is 24.9 Å². The van der Waals surface area contributed by atoms with Crippen LogP contribution in [0.25, 0.3) is 5.65 Å². The highest BCUT2D eigenvalue weighted by Crippen LogP contribution is 2.41. The van der Waals surface area contributed by atoms with Crippen molar-refractivity contribution in [3.63, 3.8) is 0 Å². The van der Waals surface area contributed by atoms with Crippen molar-refractivity contribution < 1.29 is 18.0 Å². The van der Waals surface area contributed by atoms with Crippen molar-refractivity contribution in [2.24, 2.45) is 0 Å². The molecule has 1 fully saturated rings. The lowest BCUT2D eigenvalue weighted by atomic mass is 10.2. The summed E-state index contributed by atoms with van der Waals surface area (Å²) in [6.07, 6.45) is -0.356. The highest BCUT2D eigenvalue weighted by molar-refractivity contribution is 5.99. The first-order chi connectivity index (χ1) is 10.4. The molecule has 0 aliphatic heterocycles. The Morgan fingerprint density at radius 1 is 1.50 bits per heavy atom. The minimum atomic E-state index is -4.56. The molecular weight excluding hydrogens is 297 g/mol. The highest BCUT2D eigenvalue weighted by atomic mass is 19.4. The second kappa shape index (κ2) is 5.11. The Morgan fingerprint density at radius 3 is 2.82 bits per heavy atom. The van der Waals surface area contributed by atoms with Crippen LogP contribution in [0.5, 0.6) is 0 Å². The molecule has 1 aliphatic rings. The predicted molar refractivity (Wildman–Crippen MR) is 72.5 cm³/mol. The molecule has 2 heterocycles. The van der Waals surface area contributed by atoms with Crippen LogP contribution in [0, 0.1) is 0 Å². The number of aromatic nitrogens is 3. The van der Waals surface area contributed by atoms with Crippen LogP contribution in [0.15, 0.2) is 24.9 Å². The lowest BCUT2D eigenvalue weighted by Crippen LogP contribution is -2.23. The van der Waals surface area contributed by atoms with E-state index < -0.39 is 17.8 Å². The zero-order chi connectivity index (χ0) is 15.9. The number of rotatable bonds is 4. The number of halogens is 3. The van der Waals surface area contributed by atoms with Gasteiger partial charge in [-0.15, -0.1) is 6.58 Å². The largest absolute Gasteiger partial charge is 0.433 e. The number of carbonyl (C=O) groups is 1.